The van der Waals surface area contributed by atoms with Gasteiger partial charge in [-0.25, -0.2) is 0 Å². The van der Waals surface area contributed by atoms with Gasteiger partial charge in [-0.15, -0.1) is 0 Å². The summed E-state index contributed by atoms with van der Waals surface area (Å²) in [6.45, 7) is 8.03. The zero-order chi connectivity index (χ0) is 12.2. The Bertz CT molecular complexity index is 356. The highest BCUT2D eigenvalue weighted by atomic mass is 16.3. The lowest BCUT2D eigenvalue weighted by Gasteiger charge is -2.13. The van der Waals surface area contributed by atoms with Crippen LogP contribution in [-0.4, -0.2) is 10.7 Å². The molecular formula is C15H22O. The van der Waals surface area contributed by atoms with E-state index in [1.807, 2.05) is 19.9 Å². The molecule has 1 nitrogen and oxygen atoms in total. The van der Waals surface area contributed by atoms with Crippen LogP contribution in [0.5, 0.6) is 0 Å². The molecule has 1 aromatic carbocycles. The summed E-state index contributed by atoms with van der Waals surface area (Å²) in [6, 6.07) is 8.52. The topological polar surface area (TPSA) is 20.2 Å². The van der Waals surface area contributed by atoms with Crippen LogP contribution < -0.4 is 0 Å². The Kier molecular flexibility index (Phi) is 4.31. The molecule has 0 aromatic heterocycles. The summed E-state index contributed by atoms with van der Waals surface area (Å²) in [6.07, 6.45) is 4.78. The predicted molar refractivity (Wildman–Crippen MR) is 70.5 cm³/mol. The van der Waals surface area contributed by atoms with Gasteiger partial charge in [0.05, 0.1) is 5.60 Å². The van der Waals surface area contributed by atoms with Crippen molar-refractivity contribution in [3.63, 3.8) is 0 Å². The molecule has 0 spiro atoms. The minimum atomic E-state index is -0.619. The van der Waals surface area contributed by atoms with Crippen molar-refractivity contribution in [3.8, 4) is 0 Å². The molecule has 1 rings (SSSR count). The lowest BCUT2D eigenvalue weighted by molar-refractivity contribution is 0.0841. The summed E-state index contributed by atoms with van der Waals surface area (Å²) in [5, 5.41) is 9.59. The highest BCUT2D eigenvalue weighted by Gasteiger charge is 2.08. The molecule has 0 aliphatic heterocycles. The monoisotopic (exact) mass is 218 g/mol. The van der Waals surface area contributed by atoms with E-state index < -0.39 is 5.60 Å². The molecule has 0 saturated carbocycles. The number of hydrogen-bond donors (Lipinski definition) is 1. The Hall–Kier alpha value is -1.08. The summed E-state index contributed by atoms with van der Waals surface area (Å²) in [4.78, 5) is 0. The van der Waals surface area contributed by atoms with Gasteiger partial charge < -0.3 is 5.11 Å². The first kappa shape index (κ1) is 13.0. The van der Waals surface area contributed by atoms with Crippen LogP contribution in [0.15, 0.2) is 30.3 Å². The molecule has 0 atom stereocenters. The van der Waals surface area contributed by atoms with Crippen LogP contribution in [0.2, 0.25) is 0 Å². The van der Waals surface area contributed by atoms with Gasteiger partial charge in [0, 0.05) is 0 Å². The van der Waals surface area contributed by atoms with E-state index in [1.165, 1.54) is 11.1 Å². The van der Waals surface area contributed by atoms with Crippen molar-refractivity contribution in [2.24, 2.45) is 0 Å². The van der Waals surface area contributed by atoms with E-state index in [0.717, 1.165) is 0 Å². The standard InChI is InChI=1S/C15H22O/c1-12(2)14-9-5-7-13(11-14)8-6-10-15(3,4)16/h5-9,11-12,16H,10H2,1-4H3/b8-6+. The third-order valence-electron chi connectivity index (χ3n) is 2.51. The van der Waals surface area contributed by atoms with Crippen LogP contribution in [-0.2, 0) is 0 Å². The third kappa shape index (κ3) is 4.63. The number of hydrogen-bond acceptors (Lipinski definition) is 1. The second-order valence-electron chi connectivity index (χ2n) is 5.24. The van der Waals surface area contributed by atoms with Crippen LogP contribution >= 0.6 is 0 Å². The minimum absolute atomic E-state index is 0.558. The van der Waals surface area contributed by atoms with Crippen molar-refractivity contribution in [2.45, 2.75) is 45.6 Å². The first-order valence-corrected chi connectivity index (χ1v) is 5.87. The first-order chi connectivity index (χ1) is 7.38. The smallest absolute Gasteiger partial charge is 0.0626 e. The van der Waals surface area contributed by atoms with Crippen molar-refractivity contribution in [2.75, 3.05) is 0 Å². The molecule has 0 heterocycles. The molecule has 0 amide bonds. The molecule has 1 N–H and O–H groups in total. The third-order valence-corrected chi connectivity index (χ3v) is 2.51. The fraction of sp³-hybridized carbons (Fsp3) is 0.467. The second kappa shape index (κ2) is 5.31. The molecule has 1 heteroatoms. The van der Waals surface area contributed by atoms with Gasteiger partial charge in [0.2, 0.25) is 0 Å². The van der Waals surface area contributed by atoms with E-state index in [1.54, 1.807) is 0 Å². The van der Waals surface area contributed by atoms with Crippen LogP contribution in [0.4, 0.5) is 0 Å². The van der Waals surface area contributed by atoms with Crippen molar-refractivity contribution >= 4 is 6.08 Å². The number of aliphatic hydroxyl groups is 1. The summed E-state index contributed by atoms with van der Waals surface area (Å²) < 4.78 is 0. The highest BCUT2D eigenvalue weighted by Crippen LogP contribution is 2.17. The summed E-state index contributed by atoms with van der Waals surface area (Å²) in [5.74, 6) is 0.558. The Balaban J connectivity index is 2.71. The molecule has 0 saturated heterocycles. The number of benzene rings is 1. The van der Waals surface area contributed by atoms with E-state index >= 15 is 0 Å². The van der Waals surface area contributed by atoms with Crippen LogP contribution in [0, 0.1) is 0 Å². The highest BCUT2D eigenvalue weighted by molar-refractivity contribution is 5.50. The molecule has 88 valence electrons. The van der Waals surface area contributed by atoms with Crippen molar-refractivity contribution < 1.29 is 5.11 Å². The van der Waals surface area contributed by atoms with Gasteiger partial charge in [-0.3, -0.25) is 0 Å². The van der Waals surface area contributed by atoms with Crippen LogP contribution in [0.1, 0.15) is 51.2 Å². The molecule has 0 aliphatic carbocycles. The summed E-state index contributed by atoms with van der Waals surface area (Å²) in [7, 11) is 0. The normalized spacial score (nSPS) is 12.6. The Morgan fingerprint density at radius 2 is 2.00 bits per heavy atom. The van der Waals surface area contributed by atoms with E-state index in [9.17, 15) is 5.11 Å². The molecular weight excluding hydrogens is 196 g/mol. The first-order valence-electron chi connectivity index (χ1n) is 5.87. The van der Waals surface area contributed by atoms with E-state index in [2.05, 4.69) is 44.2 Å². The van der Waals surface area contributed by atoms with Gasteiger partial charge in [0.25, 0.3) is 0 Å². The average molecular weight is 218 g/mol. The zero-order valence-electron chi connectivity index (χ0n) is 10.7. The molecule has 16 heavy (non-hydrogen) atoms. The maximum Gasteiger partial charge on any atom is 0.0626 e. The van der Waals surface area contributed by atoms with Gasteiger partial charge in [-0.05, 0) is 37.3 Å². The summed E-state index contributed by atoms with van der Waals surface area (Å²) >= 11 is 0. The molecule has 0 radical (unpaired) electrons. The predicted octanol–water partition coefficient (Wildman–Crippen LogP) is 3.98. The molecule has 1 aromatic rings. The molecule has 0 unspecified atom stereocenters. The Morgan fingerprint density at radius 3 is 2.56 bits per heavy atom. The van der Waals surface area contributed by atoms with E-state index in [0.29, 0.717) is 12.3 Å². The maximum absolute atomic E-state index is 9.59. The average Bonchev–Trinajstić information content (AvgIpc) is 2.16. The summed E-state index contributed by atoms with van der Waals surface area (Å²) in [5.41, 5.74) is 1.94. The van der Waals surface area contributed by atoms with Crippen molar-refractivity contribution in [3.05, 3.63) is 41.5 Å². The van der Waals surface area contributed by atoms with Gasteiger partial charge in [-0.2, -0.15) is 0 Å². The largest absolute Gasteiger partial charge is 0.390 e. The zero-order valence-corrected chi connectivity index (χ0v) is 10.7. The van der Waals surface area contributed by atoms with Crippen LogP contribution in [0.25, 0.3) is 6.08 Å². The fourth-order valence-electron chi connectivity index (χ4n) is 1.51. The Morgan fingerprint density at radius 1 is 1.31 bits per heavy atom. The fourth-order valence-corrected chi connectivity index (χ4v) is 1.51. The van der Waals surface area contributed by atoms with Crippen molar-refractivity contribution in [1.29, 1.82) is 0 Å². The van der Waals surface area contributed by atoms with Gasteiger partial charge >= 0.3 is 0 Å². The quantitative estimate of drug-likeness (QED) is 0.810. The molecule has 0 aliphatic rings. The lowest BCUT2D eigenvalue weighted by Crippen LogP contribution is -2.16. The molecule has 0 bridgehead atoms. The van der Waals surface area contributed by atoms with Gasteiger partial charge in [0.15, 0.2) is 0 Å². The van der Waals surface area contributed by atoms with Crippen molar-refractivity contribution in [1.82, 2.24) is 0 Å². The van der Waals surface area contributed by atoms with Gasteiger partial charge in [-0.1, -0.05) is 50.3 Å². The Labute approximate surface area is 98.8 Å². The van der Waals surface area contributed by atoms with E-state index in [4.69, 9.17) is 0 Å². The number of rotatable bonds is 4. The lowest BCUT2D eigenvalue weighted by atomic mass is 10.00. The second-order valence-corrected chi connectivity index (χ2v) is 5.24. The molecule has 0 fully saturated rings. The maximum atomic E-state index is 9.59. The van der Waals surface area contributed by atoms with Crippen LogP contribution in [0.3, 0.4) is 0 Å². The SMILES string of the molecule is CC(C)c1cccc(/C=C/CC(C)(C)O)c1. The van der Waals surface area contributed by atoms with E-state index in [-0.39, 0.29) is 0 Å². The minimum Gasteiger partial charge on any atom is -0.390 e. The van der Waals surface area contributed by atoms with Gasteiger partial charge in [0.1, 0.15) is 0 Å².